The molecule has 0 aliphatic carbocycles. The first-order valence-electron chi connectivity index (χ1n) is 6.26. The molecule has 0 heterocycles. The standard InChI is InChI=1S/C16H16BrNO/c1-3-12-4-7-14(8-5-12)18-16(19)13-6-9-15(17)11(2)10-13/h4-10H,3H2,1-2H3,(H,18,19). The van der Waals surface area contributed by atoms with E-state index in [1.54, 1.807) is 0 Å². The molecule has 0 bridgehead atoms. The van der Waals surface area contributed by atoms with Gasteiger partial charge in [0.25, 0.3) is 5.91 Å². The maximum absolute atomic E-state index is 12.1. The first-order chi connectivity index (χ1) is 9.10. The number of amides is 1. The second kappa shape index (κ2) is 6.02. The Labute approximate surface area is 122 Å². The lowest BCUT2D eigenvalue weighted by Gasteiger charge is -2.07. The number of aryl methyl sites for hydroxylation is 2. The predicted octanol–water partition coefficient (Wildman–Crippen LogP) is 4.57. The van der Waals surface area contributed by atoms with Crippen molar-refractivity contribution in [2.45, 2.75) is 20.3 Å². The van der Waals surface area contributed by atoms with E-state index >= 15 is 0 Å². The fourth-order valence-corrected chi connectivity index (χ4v) is 2.06. The van der Waals surface area contributed by atoms with Gasteiger partial charge < -0.3 is 5.32 Å². The number of rotatable bonds is 3. The molecule has 0 saturated heterocycles. The summed E-state index contributed by atoms with van der Waals surface area (Å²) in [4.78, 5) is 12.1. The van der Waals surface area contributed by atoms with E-state index in [9.17, 15) is 4.79 Å². The van der Waals surface area contributed by atoms with E-state index in [-0.39, 0.29) is 5.91 Å². The van der Waals surface area contributed by atoms with Crippen molar-refractivity contribution in [2.24, 2.45) is 0 Å². The zero-order chi connectivity index (χ0) is 13.8. The average molecular weight is 318 g/mol. The minimum absolute atomic E-state index is 0.0835. The van der Waals surface area contributed by atoms with Gasteiger partial charge in [-0.2, -0.15) is 0 Å². The molecule has 1 N–H and O–H groups in total. The Bertz CT molecular complexity index is 590. The molecular formula is C16H16BrNO. The van der Waals surface area contributed by atoms with Crippen LogP contribution in [0.25, 0.3) is 0 Å². The Hall–Kier alpha value is -1.61. The highest BCUT2D eigenvalue weighted by atomic mass is 79.9. The third-order valence-corrected chi connectivity index (χ3v) is 3.93. The summed E-state index contributed by atoms with van der Waals surface area (Å²) in [7, 11) is 0. The molecule has 2 rings (SSSR count). The van der Waals surface area contributed by atoms with Crippen LogP contribution in [-0.4, -0.2) is 5.91 Å². The Morgan fingerprint density at radius 1 is 1.16 bits per heavy atom. The van der Waals surface area contributed by atoms with Crippen molar-refractivity contribution >= 4 is 27.5 Å². The molecule has 0 fully saturated rings. The van der Waals surface area contributed by atoms with Crippen LogP contribution in [0.2, 0.25) is 0 Å². The van der Waals surface area contributed by atoms with Gasteiger partial charge in [-0.3, -0.25) is 4.79 Å². The van der Waals surface area contributed by atoms with Crippen LogP contribution < -0.4 is 5.32 Å². The lowest BCUT2D eigenvalue weighted by Crippen LogP contribution is -2.12. The van der Waals surface area contributed by atoms with Crippen LogP contribution >= 0.6 is 15.9 Å². The molecule has 3 heteroatoms. The van der Waals surface area contributed by atoms with Gasteiger partial charge in [-0.05, 0) is 54.8 Å². The topological polar surface area (TPSA) is 29.1 Å². The molecule has 0 spiro atoms. The summed E-state index contributed by atoms with van der Waals surface area (Å²) in [5, 5.41) is 2.90. The van der Waals surface area contributed by atoms with Crippen LogP contribution in [-0.2, 0) is 6.42 Å². The maximum atomic E-state index is 12.1. The second-order valence-corrected chi connectivity index (χ2v) is 5.32. The minimum atomic E-state index is -0.0835. The van der Waals surface area contributed by atoms with Gasteiger partial charge >= 0.3 is 0 Å². The van der Waals surface area contributed by atoms with Gasteiger partial charge in [-0.1, -0.05) is 35.0 Å². The van der Waals surface area contributed by atoms with Crippen LogP contribution in [0.3, 0.4) is 0 Å². The van der Waals surface area contributed by atoms with Crippen molar-refractivity contribution in [2.75, 3.05) is 5.32 Å². The molecule has 0 aromatic heterocycles. The highest BCUT2D eigenvalue weighted by Crippen LogP contribution is 2.18. The smallest absolute Gasteiger partial charge is 0.255 e. The molecule has 2 nitrogen and oxygen atoms in total. The SMILES string of the molecule is CCc1ccc(NC(=O)c2ccc(Br)c(C)c2)cc1. The van der Waals surface area contributed by atoms with Gasteiger partial charge in [0.1, 0.15) is 0 Å². The van der Waals surface area contributed by atoms with Crippen LogP contribution in [0.5, 0.6) is 0 Å². The number of carbonyl (C=O) groups excluding carboxylic acids is 1. The summed E-state index contributed by atoms with van der Waals surface area (Å²) >= 11 is 3.43. The molecule has 0 atom stereocenters. The van der Waals surface area contributed by atoms with Crippen molar-refractivity contribution < 1.29 is 4.79 Å². The summed E-state index contributed by atoms with van der Waals surface area (Å²) in [6.45, 7) is 4.08. The highest BCUT2D eigenvalue weighted by molar-refractivity contribution is 9.10. The lowest BCUT2D eigenvalue weighted by atomic mass is 10.1. The number of anilines is 1. The molecule has 0 saturated carbocycles. The molecule has 0 aliphatic rings. The summed E-state index contributed by atoms with van der Waals surface area (Å²) in [6, 6.07) is 13.5. The number of nitrogens with one attached hydrogen (secondary N) is 1. The zero-order valence-corrected chi connectivity index (χ0v) is 12.6. The molecule has 98 valence electrons. The monoisotopic (exact) mass is 317 g/mol. The normalized spacial score (nSPS) is 10.3. The number of hydrogen-bond acceptors (Lipinski definition) is 1. The Kier molecular flexibility index (Phi) is 4.38. The molecule has 2 aromatic rings. The lowest BCUT2D eigenvalue weighted by molar-refractivity contribution is 0.102. The summed E-state index contributed by atoms with van der Waals surface area (Å²) < 4.78 is 1.01. The van der Waals surface area contributed by atoms with E-state index in [0.717, 1.165) is 22.1 Å². The van der Waals surface area contributed by atoms with E-state index in [4.69, 9.17) is 0 Å². The maximum Gasteiger partial charge on any atom is 0.255 e. The van der Waals surface area contributed by atoms with Crippen LogP contribution in [0.1, 0.15) is 28.4 Å². The third kappa shape index (κ3) is 3.44. The quantitative estimate of drug-likeness (QED) is 0.882. The van der Waals surface area contributed by atoms with E-state index < -0.39 is 0 Å². The van der Waals surface area contributed by atoms with Crippen LogP contribution in [0.15, 0.2) is 46.9 Å². The molecule has 0 unspecified atom stereocenters. The van der Waals surface area contributed by atoms with E-state index in [1.807, 2.05) is 49.4 Å². The molecule has 1 amide bonds. The first-order valence-corrected chi connectivity index (χ1v) is 7.06. The van der Waals surface area contributed by atoms with Crippen molar-refractivity contribution in [3.05, 3.63) is 63.6 Å². The predicted molar refractivity (Wildman–Crippen MR) is 82.7 cm³/mol. The van der Waals surface area contributed by atoms with Crippen molar-refractivity contribution in [1.82, 2.24) is 0 Å². The Morgan fingerprint density at radius 2 is 1.84 bits per heavy atom. The van der Waals surface area contributed by atoms with Gasteiger partial charge in [0, 0.05) is 15.7 Å². The van der Waals surface area contributed by atoms with Gasteiger partial charge in [0.05, 0.1) is 0 Å². The zero-order valence-electron chi connectivity index (χ0n) is 11.0. The van der Waals surface area contributed by atoms with Gasteiger partial charge in [0.2, 0.25) is 0 Å². The fourth-order valence-electron chi connectivity index (χ4n) is 1.81. The third-order valence-electron chi connectivity index (χ3n) is 3.04. The minimum Gasteiger partial charge on any atom is -0.322 e. The van der Waals surface area contributed by atoms with Gasteiger partial charge in [0.15, 0.2) is 0 Å². The molecular weight excluding hydrogens is 302 g/mol. The second-order valence-electron chi connectivity index (χ2n) is 4.47. The Morgan fingerprint density at radius 3 is 2.42 bits per heavy atom. The van der Waals surface area contributed by atoms with E-state index in [1.165, 1.54) is 5.56 Å². The molecule has 19 heavy (non-hydrogen) atoms. The van der Waals surface area contributed by atoms with Gasteiger partial charge in [-0.25, -0.2) is 0 Å². The largest absolute Gasteiger partial charge is 0.322 e. The average Bonchev–Trinajstić information content (AvgIpc) is 2.42. The highest BCUT2D eigenvalue weighted by Gasteiger charge is 2.07. The summed E-state index contributed by atoms with van der Waals surface area (Å²) in [5.41, 5.74) is 3.80. The van der Waals surface area contributed by atoms with Gasteiger partial charge in [-0.15, -0.1) is 0 Å². The summed E-state index contributed by atoms with van der Waals surface area (Å²) in [5.74, 6) is -0.0835. The van der Waals surface area contributed by atoms with Crippen molar-refractivity contribution in [3.8, 4) is 0 Å². The van der Waals surface area contributed by atoms with Crippen LogP contribution in [0, 0.1) is 6.92 Å². The van der Waals surface area contributed by atoms with E-state index in [0.29, 0.717) is 5.56 Å². The molecule has 2 aromatic carbocycles. The van der Waals surface area contributed by atoms with Crippen molar-refractivity contribution in [1.29, 1.82) is 0 Å². The number of hydrogen-bond donors (Lipinski definition) is 1. The van der Waals surface area contributed by atoms with Crippen LogP contribution in [0.4, 0.5) is 5.69 Å². The Balaban J connectivity index is 2.13. The number of halogens is 1. The van der Waals surface area contributed by atoms with Crippen molar-refractivity contribution in [3.63, 3.8) is 0 Å². The first kappa shape index (κ1) is 13.8. The number of carbonyl (C=O) groups is 1. The fraction of sp³-hybridized carbons (Fsp3) is 0.188. The summed E-state index contributed by atoms with van der Waals surface area (Å²) in [6.07, 6.45) is 1.00. The number of benzene rings is 2. The van der Waals surface area contributed by atoms with E-state index in [2.05, 4.69) is 28.2 Å². The molecule has 0 radical (unpaired) electrons. The molecule has 0 aliphatic heterocycles.